The van der Waals surface area contributed by atoms with Gasteiger partial charge < -0.3 is 20.7 Å². The summed E-state index contributed by atoms with van der Waals surface area (Å²) in [6, 6.07) is 6.16. The molecule has 0 fully saturated rings. The minimum atomic E-state index is -0.902. The Bertz CT molecular complexity index is 458. The van der Waals surface area contributed by atoms with Crippen LogP contribution in [0, 0.1) is 6.92 Å². The molecule has 4 N–H and O–H groups in total. The number of rotatable bonds is 13. The molecule has 0 spiro atoms. The van der Waals surface area contributed by atoms with Gasteiger partial charge in [0.2, 0.25) is 0 Å². The zero-order chi connectivity index (χ0) is 17.8. The molecule has 0 heterocycles. The first-order chi connectivity index (χ1) is 11.5. The third-order valence-corrected chi connectivity index (χ3v) is 4.54. The van der Waals surface area contributed by atoms with Crippen molar-refractivity contribution in [3.63, 3.8) is 0 Å². The highest BCUT2D eigenvalue weighted by Gasteiger charge is 2.22. The van der Waals surface area contributed by atoms with Gasteiger partial charge in [0.15, 0.2) is 0 Å². The van der Waals surface area contributed by atoms with E-state index >= 15 is 0 Å². The predicted molar refractivity (Wildman–Crippen MR) is 99.5 cm³/mol. The third kappa shape index (κ3) is 7.65. The van der Waals surface area contributed by atoms with E-state index in [-0.39, 0.29) is 13.2 Å². The van der Waals surface area contributed by atoms with E-state index in [4.69, 9.17) is 10.5 Å². The van der Waals surface area contributed by atoms with Gasteiger partial charge >= 0.3 is 0 Å². The Morgan fingerprint density at radius 1 is 1.04 bits per heavy atom. The Hall–Kier alpha value is -1.10. The SMILES string of the molecule is CCCCCCCCOc1ccc(CCC(N)(CO)CO)cc1C. The molecule has 24 heavy (non-hydrogen) atoms. The lowest BCUT2D eigenvalue weighted by molar-refractivity contribution is 0.115. The number of ether oxygens (including phenoxy) is 1. The quantitative estimate of drug-likeness (QED) is 0.483. The monoisotopic (exact) mass is 337 g/mol. The van der Waals surface area contributed by atoms with Crippen LogP contribution in [0.4, 0.5) is 0 Å². The lowest BCUT2D eigenvalue weighted by Gasteiger charge is -2.24. The van der Waals surface area contributed by atoms with Gasteiger partial charge in [-0.25, -0.2) is 0 Å². The number of unbranched alkanes of at least 4 members (excludes halogenated alkanes) is 5. The summed E-state index contributed by atoms with van der Waals surface area (Å²) in [5, 5.41) is 18.5. The van der Waals surface area contributed by atoms with Crippen molar-refractivity contribution in [2.75, 3.05) is 19.8 Å². The molecular formula is C20H35NO3. The zero-order valence-corrected chi connectivity index (χ0v) is 15.4. The number of hydrogen-bond acceptors (Lipinski definition) is 4. The molecule has 1 aromatic rings. The van der Waals surface area contributed by atoms with E-state index in [1.165, 1.54) is 32.1 Å². The van der Waals surface area contributed by atoms with Gasteiger partial charge in [-0.2, -0.15) is 0 Å². The van der Waals surface area contributed by atoms with Gasteiger partial charge in [0.1, 0.15) is 5.75 Å². The van der Waals surface area contributed by atoms with Crippen LogP contribution >= 0.6 is 0 Å². The molecule has 0 unspecified atom stereocenters. The first-order valence-electron chi connectivity index (χ1n) is 9.27. The number of aliphatic hydroxyl groups is 2. The molecule has 1 rings (SSSR count). The van der Waals surface area contributed by atoms with E-state index in [1.807, 2.05) is 19.1 Å². The minimum absolute atomic E-state index is 0.206. The van der Waals surface area contributed by atoms with Crippen molar-refractivity contribution in [1.82, 2.24) is 0 Å². The summed E-state index contributed by atoms with van der Waals surface area (Å²) < 4.78 is 5.88. The highest BCUT2D eigenvalue weighted by atomic mass is 16.5. The first kappa shape index (κ1) is 20.9. The van der Waals surface area contributed by atoms with Gasteiger partial charge in [-0.3, -0.25) is 0 Å². The second kappa shape index (κ2) is 11.5. The highest BCUT2D eigenvalue weighted by molar-refractivity contribution is 5.36. The Balaban J connectivity index is 2.36. The molecule has 138 valence electrons. The maximum absolute atomic E-state index is 9.25. The van der Waals surface area contributed by atoms with Crippen molar-refractivity contribution < 1.29 is 14.9 Å². The van der Waals surface area contributed by atoms with Gasteiger partial charge in [0.25, 0.3) is 0 Å². The average Bonchev–Trinajstić information content (AvgIpc) is 2.60. The lowest BCUT2D eigenvalue weighted by Crippen LogP contribution is -2.47. The second-order valence-electron chi connectivity index (χ2n) is 6.89. The van der Waals surface area contributed by atoms with E-state index in [1.54, 1.807) is 0 Å². The van der Waals surface area contributed by atoms with Crippen molar-refractivity contribution in [3.05, 3.63) is 29.3 Å². The molecule has 0 amide bonds. The summed E-state index contributed by atoms with van der Waals surface area (Å²) >= 11 is 0. The fourth-order valence-electron chi connectivity index (χ4n) is 2.69. The molecule has 1 aromatic carbocycles. The summed E-state index contributed by atoms with van der Waals surface area (Å²) in [7, 11) is 0. The van der Waals surface area contributed by atoms with Gasteiger partial charge in [-0.05, 0) is 43.4 Å². The molecule has 0 aliphatic heterocycles. The van der Waals surface area contributed by atoms with Crippen LogP contribution in [0.5, 0.6) is 5.75 Å². The van der Waals surface area contributed by atoms with Gasteiger partial charge in [-0.15, -0.1) is 0 Å². The average molecular weight is 338 g/mol. The number of hydrogen-bond donors (Lipinski definition) is 3. The maximum atomic E-state index is 9.25. The lowest BCUT2D eigenvalue weighted by atomic mass is 9.93. The summed E-state index contributed by atoms with van der Waals surface area (Å²) in [5.74, 6) is 0.940. The fraction of sp³-hybridized carbons (Fsp3) is 0.700. The molecule has 0 saturated carbocycles. The molecule has 0 atom stereocenters. The van der Waals surface area contributed by atoms with Gasteiger partial charge in [-0.1, -0.05) is 51.2 Å². The number of aryl methyl sites for hydroxylation is 2. The van der Waals surface area contributed by atoms with Crippen LogP contribution < -0.4 is 10.5 Å². The topological polar surface area (TPSA) is 75.7 Å². The smallest absolute Gasteiger partial charge is 0.122 e. The van der Waals surface area contributed by atoms with Crippen LogP contribution in [-0.2, 0) is 6.42 Å². The minimum Gasteiger partial charge on any atom is -0.493 e. The van der Waals surface area contributed by atoms with Crippen molar-refractivity contribution in [2.45, 2.75) is 70.8 Å². The van der Waals surface area contributed by atoms with Gasteiger partial charge in [0, 0.05) is 0 Å². The molecule has 0 saturated heterocycles. The van der Waals surface area contributed by atoms with Crippen LogP contribution in [0.1, 0.15) is 63.0 Å². The molecule has 0 radical (unpaired) electrons. The highest BCUT2D eigenvalue weighted by Crippen LogP contribution is 2.21. The summed E-state index contributed by atoms with van der Waals surface area (Å²) in [5.41, 5.74) is 7.28. The number of benzene rings is 1. The van der Waals surface area contributed by atoms with Crippen LogP contribution in [0.3, 0.4) is 0 Å². The maximum Gasteiger partial charge on any atom is 0.122 e. The van der Waals surface area contributed by atoms with E-state index in [0.29, 0.717) is 6.42 Å². The molecule has 0 aliphatic rings. The number of aliphatic hydroxyl groups excluding tert-OH is 2. The zero-order valence-electron chi connectivity index (χ0n) is 15.4. The van der Waals surface area contributed by atoms with Crippen LogP contribution in [0.15, 0.2) is 18.2 Å². The summed E-state index contributed by atoms with van der Waals surface area (Å²) in [4.78, 5) is 0. The van der Waals surface area contributed by atoms with E-state index in [9.17, 15) is 10.2 Å². The van der Waals surface area contributed by atoms with Crippen LogP contribution in [0.2, 0.25) is 0 Å². The molecule has 4 heteroatoms. The summed E-state index contributed by atoms with van der Waals surface area (Å²) in [6.07, 6.45) is 8.86. The Morgan fingerprint density at radius 3 is 2.33 bits per heavy atom. The number of nitrogens with two attached hydrogens (primary N) is 1. The second-order valence-corrected chi connectivity index (χ2v) is 6.89. The van der Waals surface area contributed by atoms with Crippen molar-refractivity contribution in [2.24, 2.45) is 5.73 Å². The summed E-state index contributed by atoms with van der Waals surface area (Å²) in [6.45, 7) is 4.64. The van der Waals surface area contributed by atoms with E-state index < -0.39 is 5.54 Å². The van der Waals surface area contributed by atoms with Crippen molar-refractivity contribution in [3.8, 4) is 5.75 Å². The Morgan fingerprint density at radius 2 is 1.71 bits per heavy atom. The predicted octanol–water partition coefficient (Wildman–Crippen LogP) is 3.35. The third-order valence-electron chi connectivity index (χ3n) is 4.54. The first-order valence-corrected chi connectivity index (χ1v) is 9.27. The normalized spacial score (nSPS) is 11.7. The largest absolute Gasteiger partial charge is 0.493 e. The fourth-order valence-corrected chi connectivity index (χ4v) is 2.69. The van der Waals surface area contributed by atoms with E-state index in [0.717, 1.165) is 36.3 Å². The molecular weight excluding hydrogens is 302 g/mol. The Kier molecular flexibility index (Phi) is 9.99. The van der Waals surface area contributed by atoms with Crippen molar-refractivity contribution >= 4 is 0 Å². The molecule has 0 aliphatic carbocycles. The van der Waals surface area contributed by atoms with E-state index in [2.05, 4.69) is 13.0 Å². The molecule has 4 nitrogen and oxygen atoms in total. The standard InChI is InChI=1S/C20H35NO3/c1-3-4-5-6-7-8-13-24-19-10-9-18(14-17(19)2)11-12-20(21,15-22)16-23/h9-10,14,22-23H,3-8,11-13,15-16,21H2,1-2H3. The molecule has 0 bridgehead atoms. The Labute approximate surface area is 147 Å². The van der Waals surface area contributed by atoms with Crippen LogP contribution in [0.25, 0.3) is 0 Å². The molecule has 0 aromatic heterocycles. The van der Waals surface area contributed by atoms with Crippen molar-refractivity contribution in [1.29, 1.82) is 0 Å². The van der Waals surface area contributed by atoms with Gasteiger partial charge in [0.05, 0.1) is 25.4 Å². The van der Waals surface area contributed by atoms with Crippen LogP contribution in [-0.4, -0.2) is 35.6 Å².